The fourth-order valence-corrected chi connectivity index (χ4v) is 4.04. The first-order valence-electron chi connectivity index (χ1n) is 8.74. The molecule has 0 bridgehead atoms. The van der Waals surface area contributed by atoms with Crippen LogP contribution in [0.1, 0.15) is 53.2 Å². The van der Waals surface area contributed by atoms with Gasteiger partial charge in [-0.3, -0.25) is 4.79 Å². The van der Waals surface area contributed by atoms with Crippen LogP contribution in [0.15, 0.2) is 39.6 Å². The van der Waals surface area contributed by atoms with Gasteiger partial charge < -0.3 is 9.73 Å². The van der Waals surface area contributed by atoms with Crippen molar-refractivity contribution in [3.05, 3.63) is 53.0 Å². The lowest BCUT2D eigenvalue weighted by molar-refractivity contribution is 0.0939. The molecular formula is C19H24N2O4S. The molecule has 0 aliphatic heterocycles. The molecule has 1 saturated carbocycles. The normalized spacial score (nSPS) is 15.7. The van der Waals surface area contributed by atoms with Crippen LogP contribution in [0, 0.1) is 19.8 Å². The van der Waals surface area contributed by atoms with Crippen LogP contribution in [-0.2, 0) is 10.0 Å². The number of carbonyl (C=O) groups is 1. The van der Waals surface area contributed by atoms with Gasteiger partial charge in [-0.1, -0.05) is 6.07 Å². The van der Waals surface area contributed by atoms with Crippen LogP contribution in [0.3, 0.4) is 0 Å². The molecule has 6 nitrogen and oxygen atoms in total. The fourth-order valence-electron chi connectivity index (χ4n) is 2.88. The van der Waals surface area contributed by atoms with E-state index in [9.17, 15) is 13.2 Å². The minimum atomic E-state index is -3.60. The van der Waals surface area contributed by atoms with Gasteiger partial charge in [-0.25, -0.2) is 13.1 Å². The number of sulfonamides is 1. The molecule has 2 N–H and O–H groups in total. The summed E-state index contributed by atoms with van der Waals surface area (Å²) in [6, 6.07) is 7.74. The quantitative estimate of drug-likeness (QED) is 0.777. The number of rotatable bonds is 7. The van der Waals surface area contributed by atoms with Crippen LogP contribution in [0.4, 0.5) is 0 Å². The molecule has 1 heterocycles. The van der Waals surface area contributed by atoms with Gasteiger partial charge in [0.2, 0.25) is 10.0 Å². The summed E-state index contributed by atoms with van der Waals surface area (Å²) in [4.78, 5) is 12.7. The molecule has 3 rings (SSSR count). The summed E-state index contributed by atoms with van der Waals surface area (Å²) in [6.45, 7) is 6.03. The van der Waals surface area contributed by atoms with Gasteiger partial charge in [0, 0.05) is 17.7 Å². The molecule has 26 heavy (non-hydrogen) atoms. The maximum atomic E-state index is 12.5. The molecule has 1 atom stereocenters. The first-order valence-corrected chi connectivity index (χ1v) is 10.2. The predicted octanol–water partition coefficient (Wildman–Crippen LogP) is 3.08. The Bertz CT molecular complexity index is 913. The number of nitrogens with one attached hydrogen (secondary N) is 2. The fraction of sp³-hybridized carbons (Fsp3) is 0.421. The van der Waals surface area contributed by atoms with E-state index in [0.717, 1.165) is 29.9 Å². The Labute approximate surface area is 154 Å². The molecule has 1 aromatic heterocycles. The molecule has 7 heteroatoms. The highest BCUT2D eigenvalue weighted by Crippen LogP contribution is 2.28. The number of carbonyl (C=O) groups excluding carboxylic acids is 1. The Morgan fingerprint density at radius 3 is 2.62 bits per heavy atom. The molecule has 1 aliphatic carbocycles. The van der Waals surface area contributed by atoms with Crippen molar-refractivity contribution in [2.45, 2.75) is 44.6 Å². The number of furan rings is 1. The highest BCUT2D eigenvalue weighted by atomic mass is 32.2. The minimum absolute atomic E-state index is 0.105. The average Bonchev–Trinajstić information content (AvgIpc) is 3.36. The predicted molar refractivity (Wildman–Crippen MR) is 98.4 cm³/mol. The number of aryl methyl sites for hydroxylation is 2. The van der Waals surface area contributed by atoms with Crippen molar-refractivity contribution in [3.63, 3.8) is 0 Å². The first kappa shape index (κ1) is 18.7. The van der Waals surface area contributed by atoms with Crippen LogP contribution in [0.5, 0.6) is 0 Å². The molecule has 1 aliphatic rings. The number of hydrogen-bond donors (Lipinski definition) is 2. The van der Waals surface area contributed by atoms with Crippen molar-refractivity contribution in [2.24, 2.45) is 5.92 Å². The van der Waals surface area contributed by atoms with Crippen molar-refractivity contribution in [1.29, 1.82) is 0 Å². The highest BCUT2D eigenvalue weighted by molar-refractivity contribution is 7.89. The maximum Gasteiger partial charge on any atom is 0.251 e. The van der Waals surface area contributed by atoms with E-state index < -0.39 is 10.0 Å². The van der Waals surface area contributed by atoms with E-state index >= 15 is 0 Å². The van der Waals surface area contributed by atoms with Gasteiger partial charge in [0.15, 0.2) is 0 Å². The SMILES string of the molecule is Cc1cc(C(C)NC(=O)c2cccc(S(=O)(=O)NCC3CC3)c2)c(C)o1. The van der Waals surface area contributed by atoms with Gasteiger partial charge in [-0.15, -0.1) is 0 Å². The monoisotopic (exact) mass is 376 g/mol. The number of benzene rings is 1. The molecule has 0 radical (unpaired) electrons. The van der Waals surface area contributed by atoms with Crippen LogP contribution < -0.4 is 10.0 Å². The average molecular weight is 376 g/mol. The summed E-state index contributed by atoms with van der Waals surface area (Å²) in [7, 11) is -3.60. The van der Waals surface area contributed by atoms with Crippen molar-refractivity contribution in [3.8, 4) is 0 Å². The molecule has 1 amide bonds. The molecule has 1 aromatic carbocycles. The zero-order valence-electron chi connectivity index (χ0n) is 15.2. The van der Waals surface area contributed by atoms with Crippen molar-refractivity contribution in [1.82, 2.24) is 10.0 Å². The molecule has 140 valence electrons. The van der Waals surface area contributed by atoms with Gasteiger partial charge in [-0.05, 0) is 63.8 Å². The van der Waals surface area contributed by atoms with Gasteiger partial charge in [0.05, 0.1) is 10.9 Å². The Balaban J connectivity index is 1.72. The molecular weight excluding hydrogens is 352 g/mol. The van der Waals surface area contributed by atoms with Crippen LogP contribution in [0.2, 0.25) is 0 Å². The second-order valence-electron chi connectivity index (χ2n) is 6.89. The maximum absolute atomic E-state index is 12.5. The van der Waals surface area contributed by atoms with Crippen molar-refractivity contribution in [2.75, 3.05) is 6.54 Å². The molecule has 0 spiro atoms. The standard InChI is InChI=1S/C19H24N2O4S/c1-12-9-18(14(3)25-12)13(2)21-19(22)16-5-4-6-17(10-16)26(23,24)20-11-15-7-8-15/h4-6,9-10,13,15,20H,7-8,11H2,1-3H3,(H,21,22). The Morgan fingerprint density at radius 1 is 1.27 bits per heavy atom. The van der Waals surface area contributed by atoms with E-state index in [2.05, 4.69) is 10.0 Å². The summed E-state index contributed by atoms with van der Waals surface area (Å²) in [6.07, 6.45) is 2.13. The first-order chi connectivity index (χ1) is 12.3. The van der Waals surface area contributed by atoms with Crippen molar-refractivity contribution >= 4 is 15.9 Å². The summed E-state index contributed by atoms with van der Waals surface area (Å²) in [5.41, 5.74) is 1.22. The third-order valence-corrected chi connectivity index (χ3v) is 5.98. The zero-order valence-corrected chi connectivity index (χ0v) is 16.0. The zero-order chi connectivity index (χ0) is 18.9. The lowest BCUT2D eigenvalue weighted by Gasteiger charge is -2.14. The van der Waals surface area contributed by atoms with Gasteiger partial charge >= 0.3 is 0 Å². The van der Waals surface area contributed by atoms with E-state index in [1.54, 1.807) is 12.1 Å². The lowest BCUT2D eigenvalue weighted by atomic mass is 10.1. The Kier molecular flexibility index (Phi) is 5.20. The van der Waals surface area contributed by atoms with Crippen LogP contribution >= 0.6 is 0 Å². The molecule has 0 saturated heterocycles. The summed E-state index contributed by atoms with van der Waals surface area (Å²) >= 11 is 0. The van der Waals surface area contributed by atoms with Crippen molar-refractivity contribution < 1.29 is 17.6 Å². The lowest BCUT2D eigenvalue weighted by Crippen LogP contribution is -2.28. The van der Waals surface area contributed by atoms with E-state index in [1.165, 1.54) is 12.1 Å². The van der Waals surface area contributed by atoms with Gasteiger partial charge in [0.25, 0.3) is 5.91 Å². The van der Waals surface area contributed by atoms with E-state index in [0.29, 0.717) is 18.0 Å². The Morgan fingerprint density at radius 2 is 2.00 bits per heavy atom. The van der Waals surface area contributed by atoms with Crippen LogP contribution in [-0.4, -0.2) is 20.9 Å². The van der Waals surface area contributed by atoms with E-state index in [4.69, 9.17) is 4.42 Å². The minimum Gasteiger partial charge on any atom is -0.466 e. The van der Waals surface area contributed by atoms with E-state index in [1.807, 2.05) is 26.8 Å². The smallest absolute Gasteiger partial charge is 0.251 e. The topological polar surface area (TPSA) is 88.4 Å². The second-order valence-corrected chi connectivity index (χ2v) is 8.65. The Hall–Kier alpha value is -2.12. The third kappa shape index (κ3) is 4.34. The van der Waals surface area contributed by atoms with Gasteiger partial charge in [-0.2, -0.15) is 0 Å². The summed E-state index contributed by atoms with van der Waals surface area (Å²) in [5, 5.41) is 2.89. The summed E-state index contributed by atoms with van der Waals surface area (Å²) in [5.74, 6) is 1.66. The van der Waals surface area contributed by atoms with E-state index in [-0.39, 0.29) is 16.8 Å². The number of amides is 1. The largest absolute Gasteiger partial charge is 0.466 e. The number of hydrogen-bond acceptors (Lipinski definition) is 4. The van der Waals surface area contributed by atoms with Crippen LogP contribution in [0.25, 0.3) is 0 Å². The molecule has 1 unspecified atom stereocenters. The van der Waals surface area contributed by atoms with Gasteiger partial charge in [0.1, 0.15) is 11.5 Å². The summed E-state index contributed by atoms with van der Waals surface area (Å²) < 4.78 is 32.9. The second kappa shape index (κ2) is 7.25. The highest BCUT2D eigenvalue weighted by Gasteiger charge is 2.25. The molecule has 1 fully saturated rings. The third-order valence-electron chi connectivity index (χ3n) is 4.56. The molecule has 2 aromatic rings.